The van der Waals surface area contributed by atoms with E-state index in [2.05, 4.69) is 39.6 Å². The summed E-state index contributed by atoms with van der Waals surface area (Å²) in [5.41, 5.74) is 2.16. The number of hydrogen-bond donors (Lipinski definition) is 1. The van der Waals surface area contributed by atoms with Gasteiger partial charge in [0.1, 0.15) is 17.2 Å². The van der Waals surface area contributed by atoms with E-state index in [0.29, 0.717) is 28.3 Å². The zero-order valence-electron chi connectivity index (χ0n) is 19.3. The molecule has 9 heteroatoms. The minimum atomic E-state index is -0.801. The van der Waals surface area contributed by atoms with Crippen LogP contribution < -0.4 is 0 Å². The zero-order valence-corrected chi connectivity index (χ0v) is 20.2. The minimum absolute atomic E-state index is 0.176. The fraction of sp³-hybridized carbons (Fsp3) is 0.391. The third-order valence-corrected chi connectivity index (χ3v) is 7.97. The van der Waals surface area contributed by atoms with Gasteiger partial charge in [-0.2, -0.15) is 0 Å². The Hall–Kier alpha value is -2.94. The van der Waals surface area contributed by atoms with Gasteiger partial charge in [0.2, 0.25) is 5.88 Å². The van der Waals surface area contributed by atoms with Crippen LogP contribution in [-0.4, -0.2) is 44.0 Å². The topological polar surface area (TPSA) is 96.8 Å². The molecule has 1 N–H and O–H groups in total. The summed E-state index contributed by atoms with van der Waals surface area (Å²) in [5.74, 6) is -0.0507. The Labute approximate surface area is 189 Å². The molecule has 0 saturated carbocycles. The first-order valence-electron chi connectivity index (χ1n) is 10.1. The Morgan fingerprint density at radius 2 is 1.81 bits per heavy atom. The number of aromatic hydroxyl groups is 1. The van der Waals surface area contributed by atoms with Crippen molar-refractivity contribution in [2.24, 2.45) is 9.36 Å². The highest BCUT2D eigenvalue weighted by Crippen LogP contribution is 2.34. The fourth-order valence-corrected chi connectivity index (χ4v) is 4.12. The second kappa shape index (κ2) is 8.90. The van der Waals surface area contributed by atoms with Crippen LogP contribution in [-0.2, 0) is 16.2 Å². The summed E-state index contributed by atoms with van der Waals surface area (Å²) in [6, 6.07) is 6.49. The maximum Gasteiger partial charge on any atom is 0.229 e. The molecule has 0 radical (unpaired) electrons. The summed E-state index contributed by atoms with van der Waals surface area (Å²) in [7, 11) is 1.59. The average molecular weight is 458 g/mol. The molecule has 0 aliphatic heterocycles. The van der Waals surface area contributed by atoms with E-state index in [4.69, 9.17) is 9.52 Å². The first kappa shape index (κ1) is 23.7. The van der Waals surface area contributed by atoms with E-state index in [1.807, 2.05) is 27.8 Å². The van der Waals surface area contributed by atoms with Gasteiger partial charge < -0.3 is 9.63 Å². The van der Waals surface area contributed by atoms with Gasteiger partial charge >= 0.3 is 0 Å². The van der Waals surface area contributed by atoms with Crippen LogP contribution in [0.2, 0.25) is 0 Å². The van der Waals surface area contributed by atoms with E-state index >= 15 is 0 Å². The Balaban J connectivity index is 1.99. The molecule has 3 rings (SSSR count). The maximum atomic E-state index is 14.9. The molecule has 0 aliphatic carbocycles. The van der Waals surface area contributed by atoms with Crippen molar-refractivity contribution in [2.45, 2.75) is 44.9 Å². The standard InChI is InChI=1S/C23H28FN5O2S/c1-14(23(4,5)32(7)25-6)28-22(2,3)16-10-15(8-9-17(16)24)20-11-18(29-31-20)19-12-27-21(30)13-26-19/h8-13H,1-7H3,(H,27,30)/b28-14-. The predicted octanol–water partition coefficient (Wildman–Crippen LogP) is 5.18. The van der Waals surface area contributed by atoms with Gasteiger partial charge in [0, 0.05) is 30.0 Å². The summed E-state index contributed by atoms with van der Waals surface area (Å²) in [5, 5.41) is 13.3. The third kappa shape index (κ3) is 4.77. The predicted molar refractivity (Wildman–Crippen MR) is 126 cm³/mol. The van der Waals surface area contributed by atoms with Crippen LogP contribution in [0.5, 0.6) is 5.88 Å². The quantitative estimate of drug-likeness (QED) is 0.515. The lowest BCUT2D eigenvalue weighted by atomic mass is 9.91. The highest BCUT2D eigenvalue weighted by Gasteiger charge is 2.30. The number of hydrogen-bond acceptors (Lipinski definition) is 7. The van der Waals surface area contributed by atoms with Crippen molar-refractivity contribution in [3.63, 3.8) is 0 Å². The van der Waals surface area contributed by atoms with E-state index in [1.165, 1.54) is 18.5 Å². The fourth-order valence-electron chi connectivity index (χ4n) is 3.19. The van der Waals surface area contributed by atoms with Crippen molar-refractivity contribution in [3.05, 3.63) is 48.0 Å². The largest absolute Gasteiger partial charge is 0.492 e. The molecular weight excluding hydrogens is 429 g/mol. The van der Waals surface area contributed by atoms with E-state index in [0.717, 1.165) is 5.71 Å². The average Bonchev–Trinajstić information content (AvgIpc) is 3.23. The molecular formula is C23H28FN5O2S. The molecule has 1 aromatic carbocycles. The Bertz CT molecular complexity index is 1180. The molecule has 0 spiro atoms. The normalized spacial score (nSPS) is 14.1. The summed E-state index contributed by atoms with van der Waals surface area (Å²) in [4.78, 5) is 12.8. The van der Waals surface area contributed by atoms with Crippen molar-refractivity contribution in [1.82, 2.24) is 15.1 Å². The van der Waals surface area contributed by atoms with Gasteiger partial charge in [-0.3, -0.25) is 9.36 Å². The summed E-state index contributed by atoms with van der Waals surface area (Å²) in [6.45, 7) is 9.96. The summed E-state index contributed by atoms with van der Waals surface area (Å²) < 4.78 is 24.5. The number of aliphatic imine (C=N–C) groups is 1. The lowest BCUT2D eigenvalue weighted by molar-refractivity contribution is 0.433. The molecule has 0 bridgehead atoms. The lowest BCUT2D eigenvalue weighted by Crippen LogP contribution is -2.36. The Morgan fingerprint density at radius 1 is 1.09 bits per heavy atom. The molecule has 1 unspecified atom stereocenters. The van der Waals surface area contributed by atoms with Crippen molar-refractivity contribution >= 4 is 16.4 Å². The molecule has 7 nitrogen and oxygen atoms in total. The van der Waals surface area contributed by atoms with E-state index in [9.17, 15) is 9.50 Å². The lowest BCUT2D eigenvalue weighted by Gasteiger charge is -2.30. The number of nitrogens with zero attached hydrogens (tertiary/aromatic N) is 5. The SMILES string of the molecule is C/N=S(/C)C(C)(C)/C(C)=N\C(C)(C)c1cc(-c2cc(-c3cnc(O)cn3)no2)ccc1F. The van der Waals surface area contributed by atoms with Crippen LogP contribution >= 0.6 is 0 Å². The molecule has 32 heavy (non-hydrogen) atoms. The number of rotatable bonds is 6. The highest BCUT2D eigenvalue weighted by molar-refractivity contribution is 7.88. The monoisotopic (exact) mass is 457 g/mol. The molecule has 2 heterocycles. The van der Waals surface area contributed by atoms with Crippen LogP contribution in [0, 0.1) is 5.82 Å². The van der Waals surface area contributed by atoms with Crippen molar-refractivity contribution < 1.29 is 14.0 Å². The second-order valence-electron chi connectivity index (χ2n) is 8.46. The Kier molecular flexibility index (Phi) is 6.59. The van der Waals surface area contributed by atoms with Crippen LogP contribution in [0.4, 0.5) is 4.39 Å². The van der Waals surface area contributed by atoms with Crippen LogP contribution in [0.15, 0.2) is 50.5 Å². The van der Waals surface area contributed by atoms with Gasteiger partial charge in [-0.1, -0.05) is 15.8 Å². The van der Waals surface area contributed by atoms with Crippen LogP contribution in [0.25, 0.3) is 22.7 Å². The van der Waals surface area contributed by atoms with Gasteiger partial charge in [0.25, 0.3) is 0 Å². The number of benzene rings is 1. The number of halogens is 1. The molecule has 170 valence electrons. The van der Waals surface area contributed by atoms with Gasteiger partial charge in [-0.25, -0.2) is 14.4 Å². The van der Waals surface area contributed by atoms with Crippen LogP contribution in [0.3, 0.4) is 0 Å². The minimum Gasteiger partial charge on any atom is -0.492 e. The van der Waals surface area contributed by atoms with Crippen LogP contribution in [0.1, 0.15) is 40.2 Å². The zero-order chi connectivity index (χ0) is 23.7. The first-order valence-corrected chi connectivity index (χ1v) is 11.7. The molecule has 0 saturated heterocycles. The van der Waals surface area contributed by atoms with Crippen molar-refractivity contribution in [1.29, 1.82) is 0 Å². The molecule has 0 aliphatic rings. The van der Waals surface area contributed by atoms with Gasteiger partial charge in [0.15, 0.2) is 5.76 Å². The first-order chi connectivity index (χ1) is 15.0. The molecule has 3 aromatic rings. The number of aromatic nitrogens is 3. The summed E-state index contributed by atoms with van der Waals surface area (Å²) >= 11 is 0. The molecule has 2 aromatic heterocycles. The van der Waals surface area contributed by atoms with Gasteiger partial charge in [-0.15, -0.1) is 0 Å². The van der Waals surface area contributed by atoms with Gasteiger partial charge in [-0.05, 0) is 59.1 Å². The molecule has 0 amide bonds. The highest BCUT2D eigenvalue weighted by atomic mass is 32.2. The Morgan fingerprint density at radius 3 is 2.44 bits per heavy atom. The van der Waals surface area contributed by atoms with Gasteiger partial charge in [0.05, 0.1) is 22.7 Å². The second-order valence-corrected chi connectivity index (χ2v) is 10.8. The maximum absolute atomic E-state index is 14.9. The third-order valence-electron chi connectivity index (χ3n) is 5.65. The van der Waals surface area contributed by atoms with E-state index < -0.39 is 5.54 Å². The molecule has 0 fully saturated rings. The van der Waals surface area contributed by atoms with Crippen molar-refractivity contribution in [3.8, 4) is 28.6 Å². The van der Waals surface area contributed by atoms with E-state index in [1.54, 1.807) is 18.2 Å². The van der Waals surface area contributed by atoms with Crippen molar-refractivity contribution in [2.75, 3.05) is 13.3 Å². The molecule has 1 atom stereocenters. The smallest absolute Gasteiger partial charge is 0.229 e. The van der Waals surface area contributed by atoms with E-state index in [-0.39, 0.29) is 27.1 Å². The summed E-state index contributed by atoms with van der Waals surface area (Å²) in [6.07, 6.45) is 4.71.